The standard InChI is InChI=1S/C16H21NO4/c1-17(11-14-7-2-3-8-21-14)15(18)10-12-5-4-6-13(9-12)16(19)20/h4-6,9,14H,2-3,7-8,10-11H2,1H3,(H,19,20). The van der Waals surface area contributed by atoms with Gasteiger partial charge in [-0.2, -0.15) is 0 Å². The lowest BCUT2D eigenvalue weighted by Gasteiger charge is -2.27. The maximum absolute atomic E-state index is 12.2. The number of hydrogen-bond acceptors (Lipinski definition) is 3. The summed E-state index contributed by atoms with van der Waals surface area (Å²) < 4.78 is 5.63. The molecule has 1 aliphatic rings. The Morgan fingerprint density at radius 2 is 2.19 bits per heavy atom. The van der Waals surface area contributed by atoms with E-state index >= 15 is 0 Å². The molecule has 5 heteroatoms. The zero-order valence-electron chi connectivity index (χ0n) is 12.2. The molecule has 2 rings (SSSR count). The largest absolute Gasteiger partial charge is 0.478 e. The average Bonchev–Trinajstić information content (AvgIpc) is 2.48. The molecule has 0 aromatic heterocycles. The lowest BCUT2D eigenvalue weighted by atomic mass is 10.1. The van der Waals surface area contributed by atoms with Crippen molar-refractivity contribution in [2.75, 3.05) is 20.2 Å². The Kier molecular flexibility index (Phi) is 5.33. The van der Waals surface area contributed by atoms with Gasteiger partial charge >= 0.3 is 5.97 Å². The van der Waals surface area contributed by atoms with Crippen LogP contribution in [0.2, 0.25) is 0 Å². The van der Waals surface area contributed by atoms with E-state index < -0.39 is 5.97 Å². The summed E-state index contributed by atoms with van der Waals surface area (Å²) in [6.07, 6.45) is 3.57. The van der Waals surface area contributed by atoms with Gasteiger partial charge in [0.15, 0.2) is 0 Å². The minimum atomic E-state index is -0.978. The first kappa shape index (κ1) is 15.5. The van der Waals surface area contributed by atoms with Crippen molar-refractivity contribution < 1.29 is 19.4 Å². The Labute approximate surface area is 124 Å². The highest BCUT2D eigenvalue weighted by Crippen LogP contribution is 2.14. The van der Waals surface area contributed by atoms with Gasteiger partial charge in [0.1, 0.15) is 0 Å². The van der Waals surface area contributed by atoms with Gasteiger partial charge in [0.2, 0.25) is 5.91 Å². The van der Waals surface area contributed by atoms with E-state index in [-0.39, 0.29) is 24.0 Å². The molecule has 1 amide bonds. The number of amides is 1. The number of carbonyl (C=O) groups excluding carboxylic acids is 1. The van der Waals surface area contributed by atoms with Gasteiger partial charge in [-0.1, -0.05) is 12.1 Å². The number of hydrogen-bond donors (Lipinski definition) is 1. The summed E-state index contributed by atoms with van der Waals surface area (Å²) in [6.45, 7) is 1.37. The first-order valence-corrected chi connectivity index (χ1v) is 7.24. The van der Waals surface area contributed by atoms with Gasteiger partial charge < -0.3 is 14.7 Å². The van der Waals surface area contributed by atoms with Crippen molar-refractivity contribution in [3.63, 3.8) is 0 Å². The second kappa shape index (κ2) is 7.22. The highest BCUT2D eigenvalue weighted by atomic mass is 16.5. The number of carbonyl (C=O) groups is 2. The molecule has 0 spiro atoms. The van der Waals surface area contributed by atoms with Crippen LogP contribution < -0.4 is 0 Å². The summed E-state index contributed by atoms with van der Waals surface area (Å²) in [6, 6.07) is 6.51. The molecule has 0 bridgehead atoms. The Hall–Kier alpha value is -1.88. The molecular formula is C16H21NO4. The fourth-order valence-electron chi connectivity index (χ4n) is 2.48. The normalized spacial score (nSPS) is 18.2. The number of carboxylic acids is 1. The summed E-state index contributed by atoms with van der Waals surface area (Å²) in [5, 5.41) is 8.96. The number of benzene rings is 1. The van der Waals surface area contributed by atoms with Crippen LogP contribution in [0.4, 0.5) is 0 Å². The summed E-state index contributed by atoms with van der Waals surface area (Å²) in [4.78, 5) is 24.8. The van der Waals surface area contributed by atoms with E-state index in [0.29, 0.717) is 6.54 Å². The molecule has 21 heavy (non-hydrogen) atoms. The van der Waals surface area contributed by atoms with Crippen LogP contribution in [0.15, 0.2) is 24.3 Å². The Bertz CT molecular complexity index is 509. The second-order valence-corrected chi connectivity index (χ2v) is 5.45. The van der Waals surface area contributed by atoms with Gasteiger partial charge in [-0.15, -0.1) is 0 Å². The Morgan fingerprint density at radius 1 is 1.38 bits per heavy atom. The molecule has 1 aromatic carbocycles. The fraction of sp³-hybridized carbons (Fsp3) is 0.500. The van der Waals surface area contributed by atoms with Crippen molar-refractivity contribution in [2.24, 2.45) is 0 Å². The number of likely N-dealkylation sites (N-methyl/N-ethyl adjacent to an activating group) is 1. The third-order valence-corrected chi connectivity index (χ3v) is 3.71. The molecule has 1 unspecified atom stereocenters. The van der Waals surface area contributed by atoms with Crippen molar-refractivity contribution in [2.45, 2.75) is 31.8 Å². The number of ether oxygens (including phenoxy) is 1. The van der Waals surface area contributed by atoms with Crippen LogP contribution >= 0.6 is 0 Å². The molecule has 0 saturated carbocycles. The Morgan fingerprint density at radius 3 is 2.86 bits per heavy atom. The molecule has 1 aliphatic heterocycles. The van der Waals surface area contributed by atoms with Gasteiger partial charge in [-0.25, -0.2) is 4.79 Å². The van der Waals surface area contributed by atoms with Gasteiger partial charge in [0.25, 0.3) is 0 Å². The van der Waals surface area contributed by atoms with Gasteiger partial charge in [-0.3, -0.25) is 4.79 Å². The monoisotopic (exact) mass is 291 g/mol. The zero-order chi connectivity index (χ0) is 15.2. The maximum Gasteiger partial charge on any atom is 0.335 e. The fourth-order valence-corrected chi connectivity index (χ4v) is 2.48. The van der Waals surface area contributed by atoms with E-state index in [1.807, 2.05) is 0 Å². The topological polar surface area (TPSA) is 66.8 Å². The lowest BCUT2D eigenvalue weighted by molar-refractivity contribution is -0.131. The van der Waals surface area contributed by atoms with Crippen LogP contribution in [-0.4, -0.2) is 48.2 Å². The predicted octanol–water partition coefficient (Wildman–Crippen LogP) is 1.95. The Balaban J connectivity index is 1.90. The minimum Gasteiger partial charge on any atom is -0.478 e. The van der Waals surface area contributed by atoms with Crippen LogP contribution in [0.25, 0.3) is 0 Å². The lowest BCUT2D eigenvalue weighted by Crippen LogP contribution is -2.37. The molecular weight excluding hydrogens is 270 g/mol. The van der Waals surface area contributed by atoms with E-state index in [4.69, 9.17) is 9.84 Å². The molecule has 1 N–H and O–H groups in total. The van der Waals surface area contributed by atoms with Crippen molar-refractivity contribution in [1.29, 1.82) is 0 Å². The quantitative estimate of drug-likeness (QED) is 0.900. The average molecular weight is 291 g/mol. The van der Waals surface area contributed by atoms with Crippen molar-refractivity contribution in [3.05, 3.63) is 35.4 Å². The van der Waals surface area contributed by atoms with Crippen molar-refractivity contribution in [3.8, 4) is 0 Å². The van der Waals surface area contributed by atoms with E-state index in [9.17, 15) is 9.59 Å². The third kappa shape index (κ3) is 4.56. The van der Waals surface area contributed by atoms with Crippen molar-refractivity contribution >= 4 is 11.9 Å². The van der Waals surface area contributed by atoms with Crippen molar-refractivity contribution in [1.82, 2.24) is 4.90 Å². The molecule has 1 aromatic rings. The number of carboxylic acid groups (broad SMARTS) is 1. The molecule has 0 radical (unpaired) electrons. The number of aromatic carboxylic acids is 1. The minimum absolute atomic E-state index is 0.0216. The van der Waals surface area contributed by atoms with Gasteiger partial charge in [0, 0.05) is 20.2 Å². The summed E-state index contributed by atoms with van der Waals surface area (Å²) >= 11 is 0. The molecule has 5 nitrogen and oxygen atoms in total. The summed E-state index contributed by atoms with van der Waals surface area (Å²) in [7, 11) is 1.77. The third-order valence-electron chi connectivity index (χ3n) is 3.71. The number of rotatable bonds is 5. The van der Waals surface area contributed by atoms with Crippen LogP contribution in [0.3, 0.4) is 0 Å². The first-order valence-electron chi connectivity index (χ1n) is 7.24. The summed E-state index contributed by atoms with van der Waals surface area (Å²) in [5.41, 5.74) is 0.926. The second-order valence-electron chi connectivity index (χ2n) is 5.45. The van der Waals surface area contributed by atoms with Crippen LogP contribution in [0, 0.1) is 0 Å². The smallest absolute Gasteiger partial charge is 0.335 e. The van der Waals surface area contributed by atoms with E-state index in [0.717, 1.165) is 31.4 Å². The SMILES string of the molecule is CN(CC1CCCCO1)C(=O)Cc1cccc(C(=O)O)c1. The number of nitrogens with zero attached hydrogens (tertiary/aromatic N) is 1. The van der Waals surface area contributed by atoms with E-state index in [1.54, 1.807) is 30.1 Å². The van der Waals surface area contributed by atoms with Gasteiger partial charge in [0.05, 0.1) is 18.1 Å². The van der Waals surface area contributed by atoms with Gasteiger partial charge in [-0.05, 0) is 37.0 Å². The van der Waals surface area contributed by atoms with Crippen LogP contribution in [0.1, 0.15) is 35.2 Å². The predicted molar refractivity (Wildman–Crippen MR) is 78.3 cm³/mol. The maximum atomic E-state index is 12.2. The molecule has 1 heterocycles. The van der Waals surface area contributed by atoms with Crippen LogP contribution in [0.5, 0.6) is 0 Å². The summed E-state index contributed by atoms with van der Waals surface area (Å²) in [5.74, 6) is -1.00. The zero-order valence-corrected chi connectivity index (χ0v) is 12.2. The first-order chi connectivity index (χ1) is 10.1. The molecule has 0 aliphatic carbocycles. The molecule has 1 saturated heterocycles. The highest BCUT2D eigenvalue weighted by Gasteiger charge is 2.19. The van der Waals surface area contributed by atoms with Crippen LogP contribution in [-0.2, 0) is 16.0 Å². The molecule has 1 atom stereocenters. The van der Waals surface area contributed by atoms with E-state index in [2.05, 4.69) is 0 Å². The molecule has 114 valence electrons. The molecule has 1 fully saturated rings. The highest BCUT2D eigenvalue weighted by molar-refractivity contribution is 5.88. The van der Waals surface area contributed by atoms with E-state index in [1.165, 1.54) is 6.07 Å².